The van der Waals surface area contributed by atoms with Crippen molar-refractivity contribution in [3.63, 3.8) is 0 Å². The van der Waals surface area contributed by atoms with Crippen molar-refractivity contribution in [1.29, 1.82) is 0 Å². The Morgan fingerprint density at radius 2 is 1.20 bits per heavy atom. The fourth-order valence-electron chi connectivity index (χ4n) is 6.13. The second-order valence-electron chi connectivity index (χ2n) is 10.9. The molecule has 0 aromatic heterocycles. The van der Waals surface area contributed by atoms with Crippen molar-refractivity contribution in [2.75, 3.05) is 0 Å². The summed E-state index contributed by atoms with van der Waals surface area (Å²) in [6, 6.07) is 31.3. The van der Waals surface area contributed by atoms with Gasteiger partial charge in [-0.1, -0.05) is 86.3 Å². The lowest BCUT2D eigenvalue weighted by atomic mass is 10.1. The number of aryl methyl sites for hydroxylation is 2. The molecule has 0 saturated heterocycles. The number of amides is 4. The summed E-state index contributed by atoms with van der Waals surface area (Å²) in [5, 5.41) is 0. The first-order chi connectivity index (χ1) is 21.3. The fourth-order valence-corrected chi connectivity index (χ4v) is 6.13. The van der Waals surface area contributed by atoms with E-state index in [1.54, 1.807) is 48.5 Å². The van der Waals surface area contributed by atoms with Crippen molar-refractivity contribution in [1.82, 2.24) is 9.80 Å². The van der Waals surface area contributed by atoms with Gasteiger partial charge in [-0.3, -0.25) is 28.9 Å². The summed E-state index contributed by atoms with van der Waals surface area (Å²) in [5.74, 6) is -1.69. The van der Waals surface area contributed by atoms with Crippen LogP contribution in [0.2, 0.25) is 0 Å². The molecule has 0 radical (unpaired) electrons. The van der Waals surface area contributed by atoms with Crippen LogP contribution in [-0.2, 0) is 22.4 Å². The van der Waals surface area contributed by atoms with Crippen LogP contribution in [0.25, 0.3) is 0 Å². The van der Waals surface area contributed by atoms with E-state index in [1.807, 2.05) is 48.5 Å². The van der Waals surface area contributed by atoms with Crippen molar-refractivity contribution < 1.29 is 28.7 Å². The van der Waals surface area contributed by atoms with E-state index in [2.05, 4.69) is 6.07 Å². The van der Waals surface area contributed by atoms with E-state index >= 15 is 0 Å². The van der Waals surface area contributed by atoms with Crippen LogP contribution in [0.1, 0.15) is 91.4 Å². The van der Waals surface area contributed by atoms with Crippen LogP contribution in [-0.4, -0.2) is 45.6 Å². The number of hydrogen-bond donors (Lipinski definition) is 0. The zero-order valence-electron chi connectivity index (χ0n) is 24.1. The van der Waals surface area contributed by atoms with Crippen molar-refractivity contribution in [3.05, 3.63) is 142 Å². The highest BCUT2D eigenvalue weighted by Gasteiger charge is 2.43. The molecular formula is C37H34N2O6. The molecule has 8 heteroatoms. The summed E-state index contributed by atoms with van der Waals surface area (Å²) in [7, 11) is 0. The number of rotatable bonds is 6. The van der Waals surface area contributed by atoms with E-state index in [0.29, 0.717) is 35.1 Å². The fraction of sp³-hybridized carbons (Fsp3) is 0.216. The average Bonchev–Trinajstić information content (AvgIpc) is 3.66. The van der Waals surface area contributed by atoms with Crippen molar-refractivity contribution in [2.45, 2.75) is 52.3 Å². The minimum Gasteiger partial charge on any atom is -0.441 e. The van der Waals surface area contributed by atoms with Gasteiger partial charge < -0.3 is 4.74 Å². The van der Waals surface area contributed by atoms with Gasteiger partial charge in [0.2, 0.25) is 0 Å². The molecule has 3 aliphatic rings. The van der Waals surface area contributed by atoms with Gasteiger partial charge >= 0.3 is 5.97 Å². The molecule has 8 nitrogen and oxygen atoms in total. The third-order valence-corrected chi connectivity index (χ3v) is 8.18. The van der Waals surface area contributed by atoms with Crippen LogP contribution in [0.4, 0.5) is 0 Å². The quantitative estimate of drug-likeness (QED) is 0.187. The maximum Gasteiger partial charge on any atom is 0.304 e. The number of nitrogens with zero attached hydrogens (tertiary/aromatic N) is 2. The second-order valence-corrected chi connectivity index (χ2v) is 10.9. The average molecular weight is 603 g/mol. The van der Waals surface area contributed by atoms with Crippen molar-refractivity contribution >= 4 is 29.6 Å². The number of imide groups is 2. The molecule has 45 heavy (non-hydrogen) atoms. The summed E-state index contributed by atoms with van der Waals surface area (Å²) >= 11 is 0. The third-order valence-electron chi connectivity index (χ3n) is 8.18. The molecule has 4 aromatic rings. The molecule has 2 heterocycles. The Balaban J connectivity index is 0.000000176. The van der Waals surface area contributed by atoms with Gasteiger partial charge in [0.1, 0.15) is 0 Å². The zero-order valence-corrected chi connectivity index (χ0v) is 24.1. The number of carbonyl (C=O) groups is 5. The van der Waals surface area contributed by atoms with Crippen LogP contribution in [0.5, 0.6) is 0 Å². The van der Waals surface area contributed by atoms with Gasteiger partial charge in [0, 0.05) is 13.3 Å². The Morgan fingerprint density at radius 1 is 0.711 bits per heavy atom. The minimum atomic E-state index is -0.907. The summed E-state index contributed by atoms with van der Waals surface area (Å²) in [6.07, 6.45) is 1.79. The Morgan fingerprint density at radius 3 is 1.76 bits per heavy atom. The molecule has 4 aromatic carbocycles. The van der Waals surface area contributed by atoms with Crippen molar-refractivity contribution in [2.24, 2.45) is 0 Å². The lowest BCUT2D eigenvalue weighted by molar-refractivity contribution is -0.152. The van der Waals surface area contributed by atoms with Crippen LogP contribution in [0.15, 0.2) is 103 Å². The normalized spacial score (nSPS) is 16.7. The van der Waals surface area contributed by atoms with Gasteiger partial charge in [0.25, 0.3) is 23.6 Å². The van der Waals surface area contributed by atoms with E-state index in [4.69, 9.17) is 4.74 Å². The van der Waals surface area contributed by atoms with Gasteiger partial charge in [0.05, 0.1) is 28.3 Å². The standard InChI is InChI=1S/C19H17NO4.C17H13NO2.CH4/c1-13(21)24-17(12-11-14-7-3-2-4-8-14)20-18(22)15-9-5-6-10-16(15)19(20)23;19-16-13-7-3-4-8-14(13)17(20)18(16)15-10-9-11-5-1-2-6-12(11)15;/h2-10,17H,11-12H2,1H3;1-8,15H,9-10H2;1H4. The Labute approximate surface area is 262 Å². The van der Waals surface area contributed by atoms with Gasteiger partial charge in [-0.25, -0.2) is 4.90 Å². The van der Waals surface area contributed by atoms with E-state index in [-0.39, 0.29) is 25.3 Å². The second kappa shape index (κ2) is 13.1. The largest absolute Gasteiger partial charge is 0.441 e. The highest BCUT2D eigenvalue weighted by atomic mass is 16.6. The van der Waals surface area contributed by atoms with Gasteiger partial charge in [0.15, 0.2) is 6.23 Å². The predicted octanol–water partition coefficient (Wildman–Crippen LogP) is 6.41. The van der Waals surface area contributed by atoms with Crippen LogP contribution in [0.3, 0.4) is 0 Å². The number of hydrogen-bond acceptors (Lipinski definition) is 6. The summed E-state index contributed by atoms with van der Waals surface area (Å²) in [5.41, 5.74) is 5.16. The molecule has 2 atom stereocenters. The number of fused-ring (bicyclic) bond motifs is 3. The molecular weight excluding hydrogens is 568 g/mol. The highest BCUT2D eigenvalue weighted by Crippen LogP contribution is 2.39. The summed E-state index contributed by atoms with van der Waals surface area (Å²) in [6.45, 7) is 1.27. The molecule has 1 aliphatic carbocycles. The lowest BCUT2D eigenvalue weighted by Crippen LogP contribution is -2.42. The van der Waals surface area contributed by atoms with E-state index < -0.39 is 24.0 Å². The highest BCUT2D eigenvalue weighted by molar-refractivity contribution is 6.22. The monoisotopic (exact) mass is 602 g/mol. The minimum absolute atomic E-state index is 0. The molecule has 2 unspecified atom stereocenters. The summed E-state index contributed by atoms with van der Waals surface area (Å²) in [4.78, 5) is 64.1. The SMILES string of the molecule is C.CC(=O)OC(CCc1ccccc1)N1C(=O)c2ccccc2C1=O.O=C1c2ccccc2C(=O)N1C1CCc2ccccc21. The summed E-state index contributed by atoms with van der Waals surface area (Å²) < 4.78 is 5.27. The van der Waals surface area contributed by atoms with E-state index in [0.717, 1.165) is 28.9 Å². The van der Waals surface area contributed by atoms with Gasteiger partial charge in [-0.05, 0) is 60.2 Å². The molecule has 0 bridgehead atoms. The number of carbonyl (C=O) groups excluding carboxylic acids is 5. The maximum absolute atomic E-state index is 12.6. The number of benzene rings is 4. The Kier molecular flexibility index (Phi) is 9.04. The molecule has 2 aliphatic heterocycles. The van der Waals surface area contributed by atoms with Gasteiger partial charge in [-0.15, -0.1) is 0 Å². The molecule has 0 saturated carbocycles. The molecule has 4 amide bonds. The molecule has 228 valence electrons. The van der Waals surface area contributed by atoms with Crippen LogP contribution >= 0.6 is 0 Å². The third kappa shape index (κ3) is 5.91. The molecule has 0 fully saturated rings. The van der Waals surface area contributed by atoms with Gasteiger partial charge in [-0.2, -0.15) is 0 Å². The number of ether oxygens (including phenoxy) is 1. The topological polar surface area (TPSA) is 101 Å². The van der Waals surface area contributed by atoms with E-state index in [1.165, 1.54) is 17.4 Å². The van der Waals surface area contributed by atoms with E-state index in [9.17, 15) is 24.0 Å². The first-order valence-corrected chi connectivity index (χ1v) is 14.6. The first kappa shape index (κ1) is 31.1. The predicted molar refractivity (Wildman–Crippen MR) is 168 cm³/mol. The maximum atomic E-state index is 12.6. The zero-order chi connectivity index (χ0) is 30.8. The van der Waals surface area contributed by atoms with Crippen molar-refractivity contribution in [3.8, 4) is 0 Å². The molecule has 0 spiro atoms. The van der Waals surface area contributed by atoms with Crippen LogP contribution < -0.4 is 0 Å². The molecule has 7 rings (SSSR count). The Hall–Kier alpha value is -5.37. The van der Waals surface area contributed by atoms with Crippen LogP contribution in [0, 0.1) is 0 Å². The molecule has 0 N–H and O–H groups in total. The lowest BCUT2D eigenvalue weighted by Gasteiger charge is -2.25. The first-order valence-electron chi connectivity index (χ1n) is 14.6. The smallest absolute Gasteiger partial charge is 0.304 e. The Bertz CT molecular complexity index is 1710. The number of esters is 1.